The van der Waals surface area contributed by atoms with Crippen molar-refractivity contribution in [1.29, 1.82) is 0 Å². The molecule has 8 heteroatoms. The number of carboxylic acid groups (broad SMARTS) is 1. The van der Waals surface area contributed by atoms with Gasteiger partial charge in [-0.05, 0) is 54.9 Å². The monoisotopic (exact) mass is 480 g/mol. The molecule has 186 valence electrons. The number of ether oxygens (including phenoxy) is 1. The maximum absolute atomic E-state index is 13.3. The molecule has 8 nitrogen and oxygen atoms in total. The second-order valence-corrected chi connectivity index (χ2v) is 9.39. The predicted molar refractivity (Wildman–Crippen MR) is 130 cm³/mol. The van der Waals surface area contributed by atoms with E-state index in [0.29, 0.717) is 13.0 Å². The number of hydrogen-bond acceptors (Lipinski definition) is 5. The molecule has 3 unspecified atom stereocenters. The SMILES string of the molecule is CC(O)CC1CCCCN1C(=O)C(CC(=O)O)NC(=O)OCC1c2ccccc2-c2ccccc21. The Hall–Kier alpha value is -3.39. The second kappa shape index (κ2) is 10.9. The van der Waals surface area contributed by atoms with Gasteiger partial charge in [0.15, 0.2) is 0 Å². The summed E-state index contributed by atoms with van der Waals surface area (Å²) in [7, 11) is 0. The van der Waals surface area contributed by atoms with Gasteiger partial charge in [-0.15, -0.1) is 0 Å². The van der Waals surface area contributed by atoms with Gasteiger partial charge in [0.05, 0.1) is 12.5 Å². The van der Waals surface area contributed by atoms with Gasteiger partial charge >= 0.3 is 12.1 Å². The number of rotatable bonds is 8. The molecule has 1 saturated heterocycles. The third-order valence-electron chi connectivity index (χ3n) is 6.84. The molecule has 1 heterocycles. The fourth-order valence-electron chi connectivity index (χ4n) is 5.29. The molecule has 2 aromatic rings. The third-order valence-corrected chi connectivity index (χ3v) is 6.84. The van der Waals surface area contributed by atoms with E-state index in [9.17, 15) is 24.6 Å². The minimum absolute atomic E-state index is 0.0716. The molecule has 35 heavy (non-hydrogen) atoms. The molecule has 2 aromatic carbocycles. The average Bonchev–Trinajstić information content (AvgIpc) is 3.15. The highest BCUT2D eigenvalue weighted by Gasteiger charge is 2.35. The van der Waals surface area contributed by atoms with Crippen molar-refractivity contribution >= 4 is 18.0 Å². The summed E-state index contributed by atoms with van der Waals surface area (Å²) in [6.45, 7) is 2.21. The van der Waals surface area contributed by atoms with Gasteiger partial charge in [-0.2, -0.15) is 0 Å². The van der Waals surface area contributed by atoms with Crippen LogP contribution in [0.1, 0.15) is 56.1 Å². The lowest BCUT2D eigenvalue weighted by atomic mass is 9.96. The number of benzene rings is 2. The van der Waals surface area contributed by atoms with Crippen LogP contribution in [0.3, 0.4) is 0 Å². The smallest absolute Gasteiger partial charge is 0.407 e. The Morgan fingerprint density at radius 2 is 1.69 bits per heavy atom. The zero-order chi connectivity index (χ0) is 24.9. The first-order chi connectivity index (χ1) is 16.8. The van der Waals surface area contributed by atoms with Gasteiger partial charge < -0.3 is 25.2 Å². The maximum atomic E-state index is 13.3. The van der Waals surface area contributed by atoms with Crippen LogP contribution in [0.5, 0.6) is 0 Å². The number of likely N-dealkylation sites (tertiary alicyclic amines) is 1. The van der Waals surface area contributed by atoms with Crippen LogP contribution in [0.2, 0.25) is 0 Å². The minimum atomic E-state index is -1.24. The number of hydrogen-bond donors (Lipinski definition) is 3. The number of aliphatic hydroxyl groups is 1. The summed E-state index contributed by atoms with van der Waals surface area (Å²) in [6.07, 6.45) is 0.938. The number of aliphatic carboxylic acids is 1. The Kier molecular flexibility index (Phi) is 7.70. The number of alkyl carbamates (subject to hydrolysis) is 1. The van der Waals surface area contributed by atoms with E-state index in [4.69, 9.17) is 4.74 Å². The number of piperidine rings is 1. The molecule has 0 spiro atoms. The van der Waals surface area contributed by atoms with E-state index in [1.807, 2.05) is 48.5 Å². The Morgan fingerprint density at radius 3 is 2.29 bits per heavy atom. The molecule has 1 aliphatic heterocycles. The zero-order valence-corrected chi connectivity index (χ0v) is 19.9. The van der Waals surface area contributed by atoms with Crippen LogP contribution in [0, 0.1) is 0 Å². The van der Waals surface area contributed by atoms with Crippen molar-refractivity contribution in [3.63, 3.8) is 0 Å². The highest BCUT2D eigenvalue weighted by atomic mass is 16.5. The number of carbonyl (C=O) groups excluding carboxylic acids is 2. The van der Waals surface area contributed by atoms with Crippen LogP contribution >= 0.6 is 0 Å². The fourth-order valence-corrected chi connectivity index (χ4v) is 5.29. The molecule has 0 aromatic heterocycles. The quantitative estimate of drug-likeness (QED) is 0.532. The van der Waals surface area contributed by atoms with Crippen LogP contribution in [0.4, 0.5) is 4.79 Å². The Bertz CT molecular complexity index is 1040. The molecule has 2 amide bonds. The zero-order valence-electron chi connectivity index (χ0n) is 19.9. The molecule has 0 bridgehead atoms. The summed E-state index contributed by atoms with van der Waals surface area (Å²) in [6, 6.07) is 14.5. The van der Waals surface area contributed by atoms with Crippen molar-refractivity contribution < 1.29 is 29.3 Å². The average molecular weight is 481 g/mol. The fraction of sp³-hybridized carbons (Fsp3) is 0.444. The molecule has 0 radical (unpaired) electrons. The number of nitrogens with one attached hydrogen (secondary N) is 1. The Morgan fingerprint density at radius 1 is 1.06 bits per heavy atom. The topological polar surface area (TPSA) is 116 Å². The highest BCUT2D eigenvalue weighted by molar-refractivity contribution is 5.89. The van der Waals surface area contributed by atoms with E-state index < -0.39 is 36.5 Å². The minimum Gasteiger partial charge on any atom is -0.481 e. The van der Waals surface area contributed by atoms with Crippen molar-refractivity contribution in [3.8, 4) is 11.1 Å². The van der Waals surface area contributed by atoms with E-state index in [2.05, 4.69) is 5.32 Å². The van der Waals surface area contributed by atoms with Gasteiger partial charge in [0, 0.05) is 18.5 Å². The summed E-state index contributed by atoms with van der Waals surface area (Å²) in [5, 5.41) is 21.7. The molecule has 2 aliphatic rings. The molecule has 0 saturated carbocycles. The number of fused-ring (bicyclic) bond motifs is 3. The standard InChI is InChI=1S/C27H32N2O6/c1-17(30)14-18-8-6-7-13-29(18)26(33)24(15-25(31)32)28-27(34)35-16-23-21-11-4-2-9-19(21)20-10-3-5-12-22(20)23/h2-5,9-12,17-18,23-24,30H,6-8,13-16H2,1H3,(H,28,34)(H,31,32). The summed E-state index contributed by atoms with van der Waals surface area (Å²) in [5.41, 5.74) is 4.33. The van der Waals surface area contributed by atoms with E-state index >= 15 is 0 Å². The summed E-state index contributed by atoms with van der Waals surface area (Å²) in [4.78, 5) is 39.1. The van der Waals surface area contributed by atoms with Crippen LogP contribution < -0.4 is 5.32 Å². The van der Waals surface area contributed by atoms with Crippen molar-refractivity contribution in [2.75, 3.05) is 13.2 Å². The van der Waals surface area contributed by atoms with Crippen molar-refractivity contribution in [2.45, 2.75) is 63.1 Å². The van der Waals surface area contributed by atoms with E-state index in [1.165, 1.54) is 0 Å². The van der Waals surface area contributed by atoms with Crippen LogP contribution in [0.25, 0.3) is 11.1 Å². The lowest BCUT2D eigenvalue weighted by molar-refractivity contribution is -0.144. The number of aliphatic hydroxyl groups excluding tert-OH is 1. The third kappa shape index (κ3) is 5.65. The van der Waals surface area contributed by atoms with E-state index in [-0.39, 0.29) is 18.6 Å². The Labute approximate surface area is 204 Å². The van der Waals surface area contributed by atoms with Gasteiger partial charge in [0.2, 0.25) is 5.91 Å². The van der Waals surface area contributed by atoms with Gasteiger partial charge in [-0.3, -0.25) is 9.59 Å². The summed E-state index contributed by atoms with van der Waals surface area (Å²) >= 11 is 0. The van der Waals surface area contributed by atoms with Gasteiger partial charge in [-0.25, -0.2) is 4.79 Å². The molecule has 1 fully saturated rings. The first-order valence-corrected chi connectivity index (χ1v) is 12.2. The first-order valence-electron chi connectivity index (χ1n) is 12.2. The largest absolute Gasteiger partial charge is 0.481 e. The van der Waals surface area contributed by atoms with E-state index in [1.54, 1.807) is 11.8 Å². The van der Waals surface area contributed by atoms with Crippen LogP contribution in [-0.4, -0.2) is 64.4 Å². The molecule has 3 atom stereocenters. The van der Waals surface area contributed by atoms with E-state index in [0.717, 1.165) is 41.5 Å². The van der Waals surface area contributed by atoms with Gasteiger partial charge in [0.25, 0.3) is 0 Å². The molecule has 4 rings (SSSR count). The first kappa shape index (κ1) is 24.7. The maximum Gasteiger partial charge on any atom is 0.407 e. The van der Waals surface area contributed by atoms with Gasteiger partial charge in [0.1, 0.15) is 12.6 Å². The normalized spacial score (nSPS) is 18.8. The number of carbonyl (C=O) groups is 3. The summed E-state index contributed by atoms with van der Waals surface area (Å²) in [5.74, 6) is -1.78. The second-order valence-electron chi connectivity index (χ2n) is 9.39. The number of carboxylic acids is 1. The molecular formula is C27H32N2O6. The lowest BCUT2D eigenvalue weighted by Crippen LogP contribution is -2.54. The van der Waals surface area contributed by atoms with Crippen LogP contribution in [0.15, 0.2) is 48.5 Å². The highest BCUT2D eigenvalue weighted by Crippen LogP contribution is 2.44. The van der Waals surface area contributed by atoms with Crippen molar-refractivity contribution in [2.24, 2.45) is 0 Å². The molecule has 3 N–H and O–H groups in total. The van der Waals surface area contributed by atoms with Gasteiger partial charge in [-0.1, -0.05) is 48.5 Å². The predicted octanol–water partition coefficient (Wildman–Crippen LogP) is 3.52. The number of nitrogens with zero attached hydrogens (tertiary/aromatic N) is 1. The Balaban J connectivity index is 1.44. The molecular weight excluding hydrogens is 448 g/mol. The lowest BCUT2D eigenvalue weighted by Gasteiger charge is -2.38. The summed E-state index contributed by atoms with van der Waals surface area (Å²) < 4.78 is 5.53. The van der Waals surface area contributed by atoms with Crippen molar-refractivity contribution in [3.05, 3.63) is 59.7 Å². The van der Waals surface area contributed by atoms with Crippen molar-refractivity contribution in [1.82, 2.24) is 10.2 Å². The number of amides is 2. The molecule has 1 aliphatic carbocycles. The van der Waals surface area contributed by atoms with Crippen LogP contribution in [-0.2, 0) is 14.3 Å².